The zero-order valence-corrected chi connectivity index (χ0v) is 19.2. The number of hydrogen-bond donors (Lipinski definition) is 0. The lowest BCUT2D eigenvalue weighted by atomic mass is 9.69. The van der Waals surface area contributed by atoms with Crippen molar-refractivity contribution in [2.24, 2.45) is 5.41 Å². The summed E-state index contributed by atoms with van der Waals surface area (Å²) in [7, 11) is 0. The number of nitriles is 2. The fourth-order valence-corrected chi connectivity index (χ4v) is 5.65. The summed E-state index contributed by atoms with van der Waals surface area (Å²) in [6.45, 7) is 0. The highest BCUT2D eigenvalue weighted by Crippen LogP contribution is 2.55. The minimum Gasteiger partial charge on any atom is -0.351 e. The van der Waals surface area contributed by atoms with Crippen molar-refractivity contribution in [2.45, 2.75) is 18.0 Å². The van der Waals surface area contributed by atoms with Gasteiger partial charge in [0, 0.05) is 20.7 Å². The first-order valence-corrected chi connectivity index (χ1v) is 11.4. The van der Waals surface area contributed by atoms with E-state index >= 15 is 0 Å². The molecule has 0 unspecified atom stereocenters. The number of benzene rings is 3. The van der Waals surface area contributed by atoms with Gasteiger partial charge in [0.2, 0.25) is 0 Å². The molecule has 2 heterocycles. The SMILES string of the molecule is N#CC1(C#N)[C@H](c2cccc(I)c2)[C@H](C(=O)c2ccccc2)N2c3ccccc3C=C[C@@H]21. The quantitative estimate of drug-likeness (QED) is 0.330. The average molecular weight is 527 g/mol. The van der Waals surface area contributed by atoms with Crippen LogP contribution in [0.15, 0.2) is 84.9 Å². The van der Waals surface area contributed by atoms with Gasteiger partial charge in [0.25, 0.3) is 0 Å². The van der Waals surface area contributed by atoms with Crippen LogP contribution in [0.25, 0.3) is 6.08 Å². The molecule has 154 valence electrons. The maximum absolute atomic E-state index is 14.0. The molecule has 3 atom stereocenters. The first kappa shape index (κ1) is 20.5. The molecule has 1 fully saturated rings. The van der Waals surface area contributed by atoms with E-state index in [1.54, 1.807) is 12.1 Å². The Morgan fingerprint density at radius 2 is 1.66 bits per heavy atom. The lowest BCUT2D eigenvalue weighted by Crippen LogP contribution is -2.44. The van der Waals surface area contributed by atoms with Gasteiger partial charge in [-0.3, -0.25) is 4.79 Å². The molecule has 0 aliphatic carbocycles. The minimum atomic E-state index is -1.41. The van der Waals surface area contributed by atoms with Gasteiger partial charge in [-0.1, -0.05) is 72.8 Å². The third-order valence-corrected chi connectivity index (χ3v) is 7.12. The number of rotatable bonds is 3. The lowest BCUT2D eigenvalue weighted by molar-refractivity contribution is 0.0951. The Kier molecular flexibility index (Phi) is 5.07. The van der Waals surface area contributed by atoms with Crippen molar-refractivity contribution in [3.8, 4) is 12.1 Å². The zero-order valence-electron chi connectivity index (χ0n) is 17.0. The van der Waals surface area contributed by atoms with Gasteiger partial charge in [0.15, 0.2) is 11.2 Å². The number of ketones is 1. The largest absolute Gasteiger partial charge is 0.351 e. The molecule has 0 aromatic heterocycles. The van der Waals surface area contributed by atoms with Crippen molar-refractivity contribution in [3.63, 3.8) is 0 Å². The van der Waals surface area contributed by atoms with Crippen LogP contribution in [0.5, 0.6) is 0 Å². The van der Waals surface area contributed by atoms with Crippen molar-refractivity contribution in [1.29, 1.82) is 10.5 Å². The number of nitrogens with zero attached hydrogens (tertiary/aromatic N) is 3. The Morgan fingerprint density at radius 1 is 0.938 bits per heavy atom. The Labute approximate surface area is 200 Å². The van der Waals surface area contributed by atoms with Crippen LogP contribution < -0.4 is 4.90 Å². The van der Waals surface area contributed by atoms with Crippen LogP contribution in [0.2, 0.25) is 0 Å². The van der Waals surface area contributed by atoms with Gasteiger partial charge in [0.1, 0.15) is 6.04 Å². The van der Waals surface area contributed by atoms with Crippen LogP contribution in [-0.2, 0) is 0 Å². The third kappa shape index (κ3) is 2.97. The minimum absolute atomic E-state index is 0.0862. The van der Waals surface area contributed by atoms with Crippen molar-refractivity contribution in [2.75, 3.05) is 4.90 Å². The van der Waals surface area contributed by atoms with Gasteiger partial charge in [-0.15, -0.1) is 0 Å². The molecular formula is C27H18IN3O. The second-order valence-electron chi connectivity index (χ2n) is 8.07. The summed E-state index contributed by atoms with van der Waals surface area (Å²) in [5, 5.41) is 20.9. The number of para-hydroxylation sites is 1. The average Bonchev–Trinajstić information content (AvgIpc) is 3.15. The summed E-state index contributed by atoms with van der Waals surface area (Å²) in [6, 6.07) is 28.3. The number of fused-ring (bicyclic) bond motifs is 3. The number of hydrogen-bond acceptors (Lipinski definition) is 4. The van der Waals surface area contributed by atoms with Crippen LogP contribution in [0.3, 0.4) is 0 Å². The standard InChI is InChI=1S/C27H18IN3O/c28-21-11-6-10-20(15-21)24-25(26(32)19-8-2-1-3-9-19)31-22-12-5-4-7-18(22)13-14-23(31)27(24,16-29)17-30/h1-15,23-25H/t23-,24-,25-/m1/s1. The van der Waals surface area contributed by atoms with Gasteiger partial charge < -0.3 is 4.90 Å². The topological polar surface area (TPSA) is 67.9 Å². The molecule has 2 aliphatic heterocycles. The summed E-state index contributed by atoms with van der Waals surface area (Å²) in [5.41, 5.74) is 1.84. The van der Waals surface area contributed by atoms with Crippen LogP contribution in [0.1, 0.15) is 27.4 Å². The van der Waals surface area contributed by atoms with Gasteiger partial charge >= 0.3 is 0 Å². The number of carbonyl (C=O) groups is 1. The lowest BCUT2D eigenvalue weighted by Gasteiger charge is -2.35. The highest BCUT2D eigenvalue weighted by Gasteiger charge is 2.63. The van der Waals surface area contributed by atoms with Gasteiger partial charge in [-0.25, -0.2) is 0 Å². The van der Waals surface area contributed by atoms with E-state index in [0.29, 0.717) is 5.56 Å². The highest BCUT2D eigenvalue weighted by molar-refractivity contribution is 14.1. The molecule has 5 rings (SSSR count). The molecule has 0 bridgehead atoms. The molecule has 0 radical (unpaired) electrons. The van der Waals surface area contributed by atoms with Crippen LogP contribution in [-0.4, -0.2) is 17.9 Å². The van der Waals surface area contributed by atoms with E-state index in [-0.39, 0.29) is 5.78 Å². The highest BCUT2D eigenvalue weighted by atomic mass is 127. The fourth-order valence-electron chi connectivity index (χ4n) is 5.08. The van der Waals surface area contributed by atoms with Crippen molar-refractivity contribution in [1.82, 2.24) is 0 Å². The summed E-state index contributed by atoms with van der Waals surface area (Å²) >= 11 is 2.23. The van der Waals surface area contributed by atoms with Crippen LogP contribution >= 0.6 is 22.6 Å². The van der Waals surface area contributed by atoms with E-state index in [0.717, 1.165) is 20.4 Å². The molecular weight excluding hydrogens is 509 g/mol. The smallest absolute Gasteiger partial charge is 0.185 e. The van der Waals surface area contributed by atoms with E-state index in [4.69, 9.17) is 0 Å². The molecule has 0 saturated carbocycles. The second-order valence-corrected chi connectivity index (χ2v) is 9.32. The first-order chi connectivity index (χ1) is 15.6. The Balaban J connectivity index is 1.80. The Hall–Kier alpha value is -3.42. The van der Waals surface area contributed by atoms with E-state index in [1.807, 2.05) is 83.8 Å². The molecule has 3 aromatic rings. The van der Waals surface area contributed by atoms with Gasteiger partial charge in [-0.2, -0.15) is 10.5 Å². The number of carbonyl (C=O) groups excluding carboxylic acids is 1. The summed E-state index contributed by atoms with van der Waals surface area (Å²) in [4.78, 5) is 16.0. The molecule has 2 aliphatic rings. The number of halogens is 1. The maximum atomic E-state index is 14.0. The molecule has 3 aromatic carbocycles. The molecule has 0 N–H and O–H groups in total. The fraction of sp³-hybridized carbons (Fsp3) is 0.148. The predicted octanol–water partition coefficient (Wildman–Crippen LogP) is 5.58. The second kappa shape index (κ2) is 7.93. The number of anilines is 1. The third-order valence-electron chi connectivity index (χ3n) is 6.45. The molecule has 32 heavy (non-hydrogen) atoms. The van der Waals surface area contributed by atoms with Crippen LogP contribution in [0, 0.1) is 31.6 Å². The summed E-state index contributed by atoms with van der Waals surface area (Å²) < 4.78 is 0.997. The summed E-state index contributed by atoms with van der Waals surface area (Å²) in [5.74, 6) is -0.697. The molecule has 1 saturated heterocycles. The van der Waals surface area contributed by atoms with Gasteiger partial charge in [-0.05, 0) is 51.9 Å². The summed E-state index contributed by atoms with van der Waals surface area (Å²) in [6.07, 6.45) is 3.87. The first-order valence-electron chi connectivity index (χ1n) is 10.3. The van der Waals surface area contributed by atoms with E-state index < -0.39 is 23.4 Å². The van der Waals surface area contributed by atoms with E-state index in [1.165, 1.54) is 0 Å². The molecule has 0 spiro atoms. The monoisotopic (exact) mass is 527 g/mol. The Bertz CT molecular complexity index is 1300. The normalized spacial score (nSPS) is 22.3. The van der Waals surface area contributed by atoms with E-state index in [9.17, 15) is 15.3 Å². The molecule has 4 nitrogen and oxygen atoms in total. The maximum Gasteiger partial charge on any atom is 0.185 e. The molecule has 5 heteroatoms. The number of Topliss-reactive ketones (excluding diaryl/α,β-unsaturated/α-hetero) is 1. The molecule has 0 amide bonds. The van der Waals surface area contributed by atoms with E-state index in [2.05, 4.69) is 34.7 Å². The van der Waals surface area contributed by atoms with Gasteiger partial charge in [0.05, 0.1) is 18.2 Å². The van der Waals surface area contributed by atoms with Crippen molar-refractivity contribution in [3.05, 3.63) is 105 Å². The Morgan fingerprint density at radius 3 is 2.38 bits per heavy atom. The predicted molar refractivity (Wildman–Crippen MR) is 132 cm³/mol. The zero-order chi connectivity index (χ0) is 22.3. The van der Waals surface area contributed by atoms with Crippen LogP contribution in [0.4, 0.5) is 5.69 Å². The van der Waals surface area contributed by atoms with Crippen molar-refractivity contribution < 1.29 is 4.79 Å². The van der Waals surface area contributed by atoms with Crippen molar-refractivity contribution >= 4 is 40.1 Å².